The van der Waals surface area contributed by atoms with Crippen LogP contribution in [0.4, 0.5) is 0 Å². The Labute approximate surface area is 171 Å². The zero-order valence-corrected chi connectivity index (χ0v) is 17.5. The Bertz CT molecular complexity index is 898. The summed E-state index contributed by atoms with van der Waals surface area (Å²) in [5, 5.41) is 4.23. The van der Waals surface area contributed by atoms with E-state index in [1.54, 1.807) is 19.0 Å². The number of piperidine rings is 1. The van der Waals surface area contributed by atoms with Gasteiger partial charge in [0.15, 0.2) is 0 Å². The van der Waals surface area contributed by atoms with Gasteiger partial charge in [0, 0.05) is 51.2 Å². The number of amides is 2. The second-order valence-corrected chi connectivity index (χ2v) is 8.84. The molecule has 2 fully saturated rings. The van der Waals surface area contributed by atoms with Gasteiger partial charge in [0.25, 0.3) is 0 Å². The molecule has 6 nitrogen and oxygen atoms in total. The molecular weight excluding hydrogens is 366 g/mol. The first kappa shape index (κ1) is 19.7. The van der Waals surface area contributed by atoms with E-state index in [9.17, 15) is 9.59 Å². The van der Waals surface area contributed by atoms with Gasteiger partial charge >= 0.3 is 0 Å². The fourth-order valence-electron chi connectivity index (χ4n) is 4.37. The highest BCUT2D eigenvalue weighted by atomic mass is 16.5. The molecule has 1 aromatic carbocycles. The molecule has 29 heavy (non-hydrogen) atoms. The van der Waals surface area contributed by atoms with E-state index in [0.717, 1.165) is 43.5 Å². The maximum absolute atomic E-state index is 13.2. The first-order valence-corrected chi connectivity index (χ1v) is 10.4. The number of aromatic nitrogens is 1. The predicted octanol–water partition coefficient (Wildman–Crippen LogP) is 3.30. The summed E-state index contributed by atoms with van der Waals surface area (Å²) in [7, 11) is 3.56. The Balaban J connectivity index is 1.58. The summed E-state index contributed by atoms with van der Waals surface area (Å²) in [5.74, 6) is 1.12. The van der Waals surface area contributed by atoms with Crippen LogP contribution in [0.25, 0.3) is 11.3 Å². The molecule has 1 saturated carbocycles. The largest absolute Gasteiger partial charge is 0.361 e. The lowest BCUT2D eigenvalue weighted by Crippen LogP contribution is -2.54. The summed E-state index contributed by atoms with van der Waals surface area (Å²) in [4.78, 5) is 29.4. The molecule has 0 spiro atoms. The van der Waals surface area contributed by atoms with E-state index in [1.165, 1.54) is 5.56 Å². The van der Waals surface area contributed by atoms with Crippen molar-refractivity contribution >= 4 is 11.8 Å². The second-order valence-electron chi connectivity index (χ2n) is 8.84. The zero-order valence-electron chi connectivity index (χ0n) is 17.5. The van der Waals surface area contributed by atoms with E-state index >= 15 is 0 Å². The molecule has 4 rings (SSSR count). The number of likely N-dealkylation sites (tertiary alicyclic amines) is 1. The normalized spacial score (nSPS) is 21.8. The van der Waals surface area contributed by atoms with E-state index in [1.807, 2.05) is 42.2 Å². The first-order chi connectivity index (χ1) is 13.9. The van der Waals surface area contributed by atoms with Crippen molar-refractivity contribution in [3.8, 4) is 11.3 Å². The average Bonchev–Trinajstić information content (AvgIpc) is 3.47. The Kier molecular flexibility index (Phi) is 5.19. The summed E-state index contributed by atoms with van der Waals surface area (Å²) in [6, 6.07) is 10.1. The van der Waals surface area contributed by atoms with E-state index in [-0.39, 0.29) is 17.7 Å². The van der Waals surface area contributed by atoms with Crippen LogP contribution in [-0.4, -0.2) is 54.0 Å². The molecular formula is C23H29N3O3. The Morgan fingerprint density at radius 3 is 2.62 bits per heavy atom. The smallest absolute Gasteiger partial charge is 0.230 e. The van der Waals surface area contributed by atoms with Gasteiger partial charge in [-0.1, -0.05) is 35.0 Å². The van der Waals surface area contributed by atoms with Crippen LogP contribution in [0, 0.1) is 18.3 Å². The molecule has 1 aromatic heterocycles. The molecule has 154 valence electrons. The van der Waals surface area contributed by atoms with Crippen molar-refractivity contribution < 1.29 is 14.1 Å². The number of hydrogen-bond acceptors (Lipinski definition) is 4. The van der Waals surface area contributed by atoms with Gasteiger partial charge in [-0.05, 0) is 32.6 Å². The molecule has 1 aliphatic carbocycles. The van der Waals surface area contributed by atoms with Gasteiger partial charge in [0.1, 0.15) is 11.5 Å². The lowest BCUT2D eigenvalue weighted by atomic mass is 9.75. The van der Waals surface area contributed by atoms with E-state index in [0.29, 0.717) is 18.7 Å². The van der Waals surface area contributed by atoms with Crippen molar-refractivity contribution in [3.05, 3.63) is 41.7 Å². The fourth-order valence-corrected chi connectivity index (χ4v) is 4.37. The maximum Gasteiger partial charge on any atom is 0.230 e. The SMILES string of the molecule is Cc1ccc(-c2cc(C[C@]3(C(=O)N(C)C)CCCN(C(=O)C4CC4)C3)on2)cc1. The van der Waals surface area contributed by atoms with Gasteiger partial charge in [-0.3, -0.25) is 9.59 Å². The van der Waals surface area contributed by atoms with Crippen LogP contribution in [0.2, 0.25) is 0 Å². The molecule has 0 N–H and O–H groups in total. The minimum atomic E-state index is -0.656. The molecule has 2 heterocycles. The molecule has 0 unspecified atom stereocenters. The van der Waals surface area contributed by atoms with Crippen molar-refractivity contribution in [2.45, 2.75) is 39.0 Å². The topological polar surface area (TPSA) is 66.7 Å². The number of aryl methyl sites for hydroxylation is 1. The van der Waals surface area contributed by atoms with Crippen molar-refractivity contribution in [2.24, 2.45) is 11.3 Å². The van der Waals surface area contributed by atoms with E-state index in [4.69, 9.17) is 4.52 Å². The first-order valence-electron chi connectivity index (χ1n) is 10.4. The van der Waals surface area contributed by atoms with Gasteiger partial charge in [-0.2, -0.15) is 0 Å². The third-order valence-corrected chi connectivity index (χ3v) is 6.09. The van der Waals surface area contributed by atoms with Gasteiger partial charge < -0.3 is 14.3 Å². The number of benzene rings is 1. The van der Waals surface area contributed by atoms with Crippen LogP contribution in [0.15, 0.2) is 34.9 Å². The minimum Gasteiger partial charge on any atom is -0.361 e. The summed E-state index contributed by atoms with van der Waals surface area (Å²) in [6.07, 6.45) is 3.99. The quantitative estimate of drug-likeness (QED) is 0.779. The zero-order chi connectivity index (χ0) is 20.6. The van der Waals surface area contributed by atoms with Crippen LogP contribution >= 0.6 is 0 Å². The van der Waals surface area contributed by atoms with E-state index < -0.39 is 5.41 Å². The number of carbonyl (C=O) groups is 2. The lowest BCUT2D eigenvalue weighted by Gasteiger charge is -2.42. The van der Waals surface area contributed by atoms with Gasteiger partial charge in [0.05, 0.1) is 5.41 Å². The summed E-state index contributed by atoms with van der Waals surface area (Å²) in [6.45, 7) is 3.25. The summed E-state index contributed by atoms with van der Waals surface area (Å²) in [5.41, 5.74) is 2.30. The monoisotopic (exact) mass is 395 g/mol. The molecule has 0 radical (unpaired) electrons. The lowest BCUT2D eigenvalue weighted by molar-refractivity contribution is -0.148. The highest BCUT2D eigenvalue weighted by molar-refractivity contribution is 5.86. The van der Waals surface area contributed by atoms with E-state index in [2.05, 4.69) is 5.16 Å². The van der Waals surface area contributed by atoms with Crippen molar-refractivity contribution in [1.29, 1.82) is 0 Å². The molecule has 1 atom stereocenters. The summed E-state index contributed by atoms with van der Waals surface area (Å²) >= 11 is 0. The number of carbonyl (C=O) groups excluding carboxylic acids is 2. The Morgan fingerprint density at radius 2 is 1.97 bits per heavy atom. The minimum absolute atomic E-state index is 0.0547. The molecule has 2 aliphatic rings. The number of nitrogens with zero attached hydrogens (tertiary/aromatic N) is 3. The van der Waals surface area contributed by atoms with Crippen LogP contribution in [-0.2, 0) is 16.0 Å². The van der Waals surface area contributed by atoms with Gasteiger partial charge in [-0.25, -0.2) is 0 Å². The third kappa shape index (κ3) is 4.07. The van der Waals surface area contributed by atoms with Crippen LogP contribution in [0.5, 0.6) is 0 Å². The number of rotatable bonds is 5. The number of hydrogen-bond donors (Lipinski definition) is 0. The van der Waals surface area contributed by atoms with Crippen molar-refractivity contribution in [3.63, 3.8) is 0 Å². The highest BCUT2D eigenvalue weighted by Crippen LogP contribution is 2.39. The second kappa shape index (κ2) is 7.65. The van der Waals surface area contributed by atoms with Crippen LogP contribution in [0.1, 0.15) is 37.0 Å². The van der Waals surface area contributed by atoms with Crippen molar-refractivity contribution in [1.82, 2.24) is 15.0 Å². The highest BCUT2D eigenvalue weighted by Gasteiger charge is 2.47. The maximum atomic E-state index is 13.2. The fraction of sp³-hybridized carbons (Fsp3) is 0.522. The van der Waals surface area contributed by atoms with Crippen LogP contribution in [0.3, 0.4) is 0 Å². The Morgan fingerprint density at radius 1 is 1.24 bits per heavy atom. The van der Waals surface area contributed by atoms with Gasteiger partial charge in [0.2, 0.25) is 11.8 Å². The van der Waals surface area contributed by atoms with Crippen molar-refractivity contribution in [2.75, 3.05) is 27.2 Å². The average molecular weight is 396 g/mol. The molecule has 2 aromatic rings. The summed E-state index contributed by atoms with van der Waals surface area (Å²) < 4.78 is 5.64. The molecule has 0 bridgehead atoms. The van der Waals surface area contributed by atoms with Crippen LogP contribution < -0.4 is 0 Å². The molecule has 1 saturated heterocycles. The molecule has 1 aliphatic heterocycles. The Hall–Kier alpha value is -2.63. The third-order valence-electron chi connectivity index (χ3n) is 6.09. The predicted molar refractivity (Wildman–Crippen MR) is 110 cm³/mol. The standard InChI is InChI=1S/C23H29N3O3/c1-16-5-7-17(8-6-16)20-13-19(29-24-20)14-23(22(28)25(2)3)11-4-12-26(15-23)21(27)18-9-10-18/h5-8,13,18H,4,9-12,14-15H2,1-3H3/t23-/m1/s1. The molecule has 6 heteroatoms. The molecule has 2 amide bonds. The van der Waals surface area contributed by atoms with Gasteiger partial charge in [-0.15, -0.1) is 0 Å².